The number of thiophene rings is 1. The molecule has 0 atom stereocenters. The topological polar surface area (TPSA) is 85.1 Å². The van der Waals surface area contributed by atoms with E-state index in [1.54, 1.807) is 6.92 Å². The summed E-state index contributed by atoms with van der Waals surface area (Å²) in [6.07, 6.45) is 0. The summed E-state index contributed by atoms with van der Waals surface area (Å²) in [5.41, 5.74) is 7.04. The van der Waals surface area contributed by atoms with Gasteiger partial charge in [-0.05, 0) is 24.8 Å². The first kappa shape index (κ1) is 14.6. The molecule has 0 saturated heterocycles. The molecule has 0 aliphatic carbocycles. The largest absolute Gasteiger partial charge is 0.326 e. The highest BCUT2D eigenvalue weighted by atomic mass is 32.2. The minimum atomic E-state index is -3.53. The predicted octanol–water partition coefficient (Wildman–Crippen LogP) is 1.76. The molecule has 3 N–H and O–H groups in total. The molecule has 0 bridgehead atoms. The van der Waals surface area contributed by atoms with Gasteiger partial charge in [-0.3, -0.25) is 0 Å². The van der Waals surface area contributed by atoms with Gasteiger partial charge >= 0.3 is 0 Å². The van der Waals surface area contributed by atoms with Gasteiger partial charge in [0.25, 0.3) is 0 Å². The van der Waals surface area contributed by atoms with Crippen LogP contribution >= 0.6 is 22.7 Å². The van der Waals surface area contributed by atoms with Crippen LogP contribution in [0.3, 0.4) is 0 Å². The lowest BCUT2D eigenvalue weighted by molar-refractivity contribution is 0.579. The first-order chi connectivity index (χ1) is 8.94. The van der Waals surface area contributed by atoms with Gasteiger partial charge in [0, 0.05) is 16.8 Å². The highest BCUT2D eigenvalue weighted by Gasteiger charge is 2.22. The monoisotopic (exact) mass is 317 g/mol. The van der Waals surface area contributed by atoms with Crippen molar-refractivity contribution >= 4 is 32.7 Å². The van der Waals surface area contributed by atoms with Crippen molar-refractivity contribution in [2.45, 2.75) is 31.8 Å². The Labute approximate surface area is 120 Å². The third kappa shape index (κ3) is 3.21. The Morgan fingerprint density at radius 3 is 2.63 bits per heavy atom. The minimum Gasteiger partial charge on any atom is -0.326 e. The second-order valence-electron chi connectivity index (χ2n) is 4.06. The quantitative estimate of drug-likeness (QED) is 0.880. The van der Waals surface area contributed by atoms with E-state index >= 15 is 0 Å². The summed E-state index contributed by atoms with van der Waals surface area (Å²) >= 11 is 2.87. The predicted molar refractivity (Wildman–Crippen MR) is 77.8 cm³/mol. The van der Waals surface area contributed by atoms with Gasteiger partial charge in [-0.2, -0.15) is 0 Å². The number of nitrogens with two attached hydrogens (primary N) is 1. The molecule has 0 fully saturated rings. The molecular formula is C11H15N3O2S3. The molecular weight excluding hydrogens is 302 g/mol. The van der Waals surface area contributed by atoms with Crippen LogP contribution in [0.4, 0.5) is 0 Å². The number of nitrogens with zero attached hydrogens (tertiary/aromatic N) is 1. The lowest BCUT2D eigenvalue weighted by atomic mass is 10.3. The average molecular weight is 317 g/mol. The summed E-state index contributed by atoms with van der Waals surface area (Å²) in [6, 6.07) is 0. The van der Waals surface area contributed by atoms with Gasteiger partial charge in [-0.15, -0.1) is 22.7 Å². The number of nitrogens with one attached hydrogen (secondary N) is 1. The molecule has 5 nitrogen and oxygen atoms in total. The van der Waals surface area contributed by atoms with Crippen molar-refractivity contribution in [3.05, 3.63) is 31.9 Å². The van der Waals surface area contributed by atoms with E-state index in [9.17, 15) is 8.42 Å². The summed E-state index contributed by atoms with van der Waals surface area (Å²) in [6.45, 7) is 4.09. The normalized spacial score (nSPS) is 11.9. The number of hydrogen-bond acceptors (Lipinski definition) is 6. The van der Waals surface area contributed by atoms with Crippen LogP contribution in [0, 0.1) is 13.8 Å². The van der Waals surface area contributed by atoms with E-state index in [2.05, 4.69) is 9.71 Å². The minimum absolute atomic E-state index is 0.200. The van der Waals surface area contributed by atoms with Gasteiger partial charge in [0.05, 0.1) is 17.2 Å². The number of aromatic nitrogens is 1. The van der Waals surface area contributed by atoms with Crippen molar-refractivity contribution in [2.24, 2.45) is 5.73 Å². The van der Waals surface area contributed by atoms with E-state index in [1.807, 2.05) is 17.7 Å². The maximum Gasteiger partial charge on any atom is 0.242 e. The van der Waals surface area contributed by atoms with Crippen LogP contribution in [0.5, 0.6) is 0 Å². The van der Waals surface area contributed by atoms with Crippen molar-refractivity contribution in [3.63, 3.8) is 0 Å². The van der Waals surface area contributed by atoms with Gasteiger partial charge in [-0.1, -0.05) is 0 Å². The fourth-order valence-electron chi connectivity index (χ4n) is 1.72. The van der Waals surface area contributed by atoms with E-state index < -0.39 is 10.0 Å². The average Bonchev–Trinajstić information content (AvgIpc) is 2.93. The zero-order valence-electron chi connectivity index (χ0n) is 10.6. The number of sulfonamides is 1. The number of hydrogen-bond donors (Lipinski definition) is 2. The Bertz CT molecular complexity index is 673. The summed E-state index contributed by atoms with van der Waals surface area (Å²) in [5, 5.41) is 4.58. The molecule has 19 heavy (non-hydrogen) atoms. The van der Waals surface area contributed by atoms with Crippen molar-refractivity contribution in [2.75, 3.05) is 0 Å². The lowest BCUT2D eigenvalue weighted by Gasteiger charge is -2.07. The maximum atomic E-state index is 12.3. The molecule has 2 heterocycles. The lowest BCUT2D eigenvalue weighted by Crippen LogP contribution is -2.25. The van der Waals surface area contributed by atoms with Gasteiger partial charge in [0.1, 0.15) is 4.90 Å². The second-order valence-corrected chi connectivity index (χ2v) is 7.79. The molecule has 0 unspecified atom stereocenters. The molecule has 2 aromatic heterocycles. The van der Waals surface area contributed by atoms with E-state index in [0.29, 0.717) is 9.77 Å². The van der Waals surface area contributed by atoms with Crippen LogP contribution in [0.15, 0.2) is 15.7 Å². The molecule has 0 spiro atoms. The Hall–Kier alpha value is -0.800. The summed E-state index contributed by atoms with van der Waals surface area (Å²) in [7, 11) is -3.53. The van der Waals surface area contributed by atoms with Crippen LogP contribution in [0.25, 0.3) is 0 Å². The Kier molecular flexibility index (Phi) is 4.36. The Morgan fingerprint density at radius 2 is 2.05 bits per heavy atom. The third-order valence-corrected chi connectivity index (χ3v) is 6.26. The number of rotatable bonds is 5. The molecule has 0 aromatic carbocycles. The fraction of sp³-hybridized carbons (Fsp3) is 0.364. The molecule has 0 aliphatic heterocycles. The SMILES string of the molecule is Cc1nc(CNS(=O)(=O)c2c(C)csc2CN)cs1. The second kappa shape index (κ2) is 5.68. The van der Waals surface area contributed by atoms with Crippen molar-refractivity contribution in [1.29, 1.82) is 0 Å². The van der Waals surface area contributed by atoms with Crippen LogP contribution in [0.2, 0.25) is 0 Å². The molecule has 8 heteroatoms. The van der Waals surface area contributed by atoms with Gasteiger partial charge in [-0.25, -0.2) is 18.1 Å². The van der Waals surface area contributed by atoms with E-state index in [0.717, 1.165) is 16.3 Å². The summed E-state index contributed by atoms with van der Waals surface area (Å²) < 4.78 is 27.2. The number of aryl methyl sites for hydroxylation is 2. The highest BCUT2D eigenvalue weighted by molar-refractivity contribution is 7.89. The molecule has 2 aromatic rings. The molecule has 0 aliphatic rings. The van der Waals surface area contributed by atoms with Crippen molar-refractivity contribution < 1.29 is 8.42 Å². The summed E-state index contributed by atoms with van der Waals surface area (Å²) in [4.78, 5) is 5.22. The maximum absolute atomic E-state index is 12.3. The summed E-state index contributed by atoms with van der Waals surface area (Å²) in [5.74, 6) is 0. The van der Waals surface area contributed by atoms with Crippen LogP contribution < -0.4 is 10.5 Å². The van der Waals surface area contributed by atoms with E-state index in [-0.39, 0.29) is 13.1 Å². The molecule has 0 saturated carbocycles. The number of thiazole rings is 1. The van der Waals surface area contributed by atoms with Gasteiger partial charge < -0.3 is 5.73 Å². The van der Waals surface area contributed by atoms with Gasteiger partial charge in [0.15, 0.2) is 0 Å². The molecule has 104 valence electrons. The van der Waals surface area contributed by atoms with Crippen molar-refractivity contribution in [1.82, 2.24) is 9.71 Å². The van der Waals surface area contributed by atoms with E-state index in [1.165, 1.54) is 22.7 Å². The fourth-order valence-corrected chi connectivity index (χ4v) is 5.03. The van der Waals surface area contributed by atoms with E-state index in [4.69, 9.17) is 5.73 Å². The zero-order valence-corrected chi connectivity index (χ0v) is 13.1. The zero-order chi connectivity index (χ0) is 14.0. The Balaban J connectivity index is 2.20. The highest BCUT2D eigenvalue weighted by Crippen LogP contribution is 2.26. The van der Waals surface area contributed by atoms with Crippen molar-refractivity contribution in [3.8, 4) is 0 Å². The van der Waals surface area contributed by atoms with Crippen LogP contribution in [0.1, 0.15) is 21.1 Å². The molecule has 0 radical (unpaired) electrons. The standard InChI is InChI=1S/C11H15N3O2S3/c1-7-5-18-10(3-12)11(7)19(15,16)13-4-9-6-17-8(2)14-9/h5-6,13H,3-4,12H2,1-2H3. The third-order valence-electron chi connectivity index (χ3n) is 2.55. The van der Waals surface area contributed by atoms with Crippen LogP contribution in [-0.4, -0.2) is 13.4 Å². The first-order valence-corrected chi connectivity index (χ1v) is 8.86. The first-order valence-electron chi connectivity index (χ1n) is 5.61. The molecule has 2 rings (SSSR count). The Morgan fingerprint density at radius 1 is 1.32 bits per heavy atom. The molecule has 0 amide bonds. The van der Waals surface area contributed by atoms with Gasteiger partial charge in [0.2, 0.25) is 10.0 Å². The smallest absolute Gasteiger partial charge is 0.242 e. The van der Waals surface area contributed by atoms with Crippen LogP contribution in [-0.2, 0) is 23.1 Å².